The molecule has 1 aliphatic carbocycles. The van der Waals surface area contributed by atoms with Gasteiger partial charge >= 0.3 is 6.09 Å². The quantitative estimate of drug-likeness (QED) is 0.700. The van der Waals surface area contributed by atoms with E-state index >= 15 is 0 Å². The van der Waals surface area contributed by atoms with Gasteiger partial charge in [-0.25, -0.2) is 4.79 Å². The van der Waals surface area contributed by atoms with Gasteiger partial charge in [0, 0.05) is 18.4 Å². The summed E-state index contributed by atoms with van der Waals surface area (Å²) in [6, 6.07) is -0.109. The van der Waals surface area contributed by atoms with Crippen molar-refractivity contribution in [1.29, 1.82) is 0 Å². The van der Waals surface area contributed by atoms with E-state index in [0.717, 1.165) is 12.8 Å². The number of rotatable bonds is 2. The van der Waals surface area contributed by atoms with Crippen LogP contribution in [-0.2, 0) is 9.53 Å². The smallest absolute Gasteiger partial charge is 0.407 e. The molecule has 1 N–H and O–H groups in total. The maximum Gasteiger partial charge on any atom is 0.407 e. The van der Waals surface area contributed by atoms with Gasteiger partial charge in [-0.1, -0.05) is 0 Å². The van der Waals surface area contributed by atoms with Crippen molar-refractivity contribution >= 4 is 11.9 Å². The number of ether oxygens (including phenoxy) is 1. The highest BCUT2D eigenvalue weighted by Crippen LogP contribution is 2.24. The number of nitrogens with one attached hydrogen (secondary N) is 1. The second-order valence-electron chi connectivity index (χ2n) is 3.39. The Hall–Kier alpha value is -1.06. The van der Waals surface area contributed by atoms with Crippen LogP contribution >= 0.6 is 0 Å². The number of ketones is 1. The molecule has 0 aliphatic heterocycles. The summed E-state index contributed by atoms with van der Waals surface area (Å²) >= 11 is 0. The molecular weight excluding hydrogens is 170 g/mol. The lowest BCUT2D eigenvalue weighted by atomic mass is 9.99. The fraction of sp³-hybridized carbons (Fsp3) is 0.778. The van der Waals surface area contributed by atoms with E-state index in [0.29, 0.717) is 6.42 Å². The van der Waals surface area contributed by atoms with Crippen LogP contribution in [-0.4, -0.2) is 25.0 Å². The Morgan fingerprint density at radius 3 is 2.85 bits per heavy atom. The predicted molar refractivity (Wildman–Crippen MR) is 47.4 cm³/mol. The van der Waals surface area contributed by atoms with E-state index in [2.05, 4.69) is 10.1 Å². The maximum atomic E-state index is 11.3. The molecule has 0 heterocycles. The largest absolute Gasteiger partial charge is 0.453 e. The molecule has 0 aromatic rings. The first-order chi connectivity index (χ1) is 6.15. The van der Waals surface area contributed by atoms with Gasteiger partial charge in [-0.05, 0) is 19.8 Å². The Morgan fingerprint density at radius 2 is 2.38 bits per heavy atom. The molecule has 0 radical (unpaired) electrons. The summed E-state index contributed by atoms with van der Waals surface area (Å²) in [4.78, 5) is 22.1. The molecule has 4 nitrogen and oxygen atoms in total. The Morgan fingerprint density at radius 1 is 1.69 bits per heavy atom. The van der Waals surface area contributed by atoms with Gasteiger partial charge in [0.1, 0.15) is 5.78 Å². The summed E-state index contributed by atoms with van der Waals surface area (Å²) in [7, 11) is 1.32. The van der Waals surface area contributed by atoms with E-state index in [1.807, 2.05) is 6.92 Å². The number of amides is 1. The third-order valence-electron chi connectivity index (χ3n) is 2.49. The normalized spacial score (nSPS) is 24.2. The molecule has 0 bridgehead atoms. The fourth-order valence-electron chi connectivity index (χ4n) is 1.72. The van der Waals surface area contributed by atoms with Crippen molar-refractivity contribution in [2.24, 2.45) is 5.92 Å². The lowest BCUT2D eigenvalue weighted by Gasteiger charge is -2.18. The molecule has 0 aromatic heterocycles. The standard InChI is InChI=1S/C9H15NO3/c1-6(10-9(12)13-2)7-4-3-5-8(7)11/h6-7H,3-5H2,1-2H3,(H,10,12)/t6-,7-/m0/s1. The van der Waals surface area contributed by atoms with Crippen molar-refractivity contribution in [2.75, 3.05) is 7.11 Å². The van der Waals surface area contributed by atoms with Crippen molar-refractivity contribution in [3.8, 4) is 0 Å². The van der Waals surface area contributed by atoms with Crippen LogP contribution in [0.5, 0.6) is 0 Å². The number of Topliss-reactive ketones (excluding diaryl/α,β-unsaturated/α-hetero) is 1. The fourth-order valence-corrected chi connectivity index (χ4v) is 1.72. The highest BCUT2D eigenvalue weighted by molar-refractivity contribution is 5.84. The molecule has 4 heteroatoms. The number of carbonyl (C=O) groups is 2. The first kappa shape index (κ1) is 10.0. The molecule has 13 heavy (non-hydrogen) atoms. The van der Waals surface area contributed by atoms with E-state index in [4.69, 9.17) is 0 Å². The third kappa shape index (κ3) is 2.44. The second kappa shape index (κ2) is 4.25. The molecule has 1 fully saturated rings. The molecule has 74 valence electrons. The van der Waals surface area contributed by atoms with Crippen LogP contribution in [0.1, 0.15) is 26.2 Å². The number of methoxy groups -OCH3 is 1. The average Bonchev–Trinajstić information content (AvgIpc) is 2.51. The first-order valence-electron chi connectivity index (χ1n) is 4.52. The topological polar surface area (TPSA) is 55.4 Å². The van der Waals surface area contributed by atoms with Crippen molar-refractivity contribution in [1.82, 2.24) is 5.32 Å². The minimum atomic E-state index is -0.466. The Kier molecular flexibility index (Phi) is 3.28. The predicted octanol–water partition coefficient (Wildman–Crippen LogP) is 1.10. The molecule has 0 unspecified atom stereocenters. The highest BCUT2D eigenvalue weighted by Gasteiger charge is 2.30. The zero-order chi connectivity index (χ0) is 9.84. The average molecular weight is 185 g/mol. The first-order valence-corrected chi connectivity index (χ1v) is 4.52. The molecule has 0 spiro atoms. The van der Waals surface area contributed by atoms with Gasteiger partial charge in [-0.3, -0.25) is 4.79 Å². The summed E-state index contributed by atoms with van der Waals surface area (Å²) in [5, 5.41) is 2.62. The van der Waals surface area contributed by atoms with E-state index < -0.39 is 6.09 Å². The maximum absolute atomic E-state index is 11.3. The summed E-state index contributed by atoms with van der Waals surface area (Å²) in [6.07, 6.45) is 2.01. The lowest BCUT2D eigenvalue weighted by Crippen LogP contribution is -2.39. The third-order valence-corrected chi connectivity index (χ3v) is 2.49. The van der Waals surface area contributed by atoms with E-state index in [9.17, 15) is 9.59 Å². The number of hydrogen-bond acceptors (Lipinski definition) is 3. The summed E-state index contributed by atoms with van der Waals surface area (Å²) < 4.78 is 4.45. The highest BCUT2D eigenvalue weighted by atomic mass is 16.5. The van der Waals surface area contributed by atoms with Crippen LogP contribution in [0.25, 0.3) is 0 Å². The molecule has 0 saturated heterocycles. The molecule has 1 amide bonds. The number of hydrogen-bond donors (Lipinski definition) is 1. The number of carbonyl (C=O) groups excluding carboxylic acids is 2. The van der Waals surface area contributed by atoms with Gasteiger partial charge in [-0.2, -0.15) is 0 Å². The van der Waals surface area contributed by atoms with Gasteiger partial charge in [0.2, 0.25) is 0 Å². The minimum Gasteiger partial charge on any atom is -0.453 e. The van der Waals surface area contributed by atoms with Crippen molar-refractivity contribution in [3.63, 3.8) is 0 Å². The molecule has 1 rings (SSSR count). The SMILES string of the molecule is COC(=O)N[C@@H](C)[C@@H]1CCCC1=O. The van der Waals surface area contributed by atoms with E-state index in [1.165, 1.54) is 7.11 Å². The van der Waals surface area contributed by atoms with Crippen LogP contribution in [0, 0.1) is 5.92 Å². The van der Waals surface area contributed by atoms with Crippen molar-refractivity contribution in [3.05, 3.63) is 0 Å². The molecular formula is C9H15NO3. The lowest BCUT2D eigenvalue weighted by molar-refractivity contribution is -0.121. The van der Waals surface area contributed by atoms with Crippen molar-refractivity contribution in [2.45, 2.75) is 32.2 Å². The zero-order valence-corrected chi connectivity index (χ0v) is 8.00. The van der Waals surface area contributed by atoms with Gasteiger partial charge in [-0.15, -0.1) is 0 Å². The van der Waals surface area contributed by atoms with Gasteiger partial charge in [0.05, 0.1) is 7.11 Å². The van der Waals surface area contributed by atoms with Gasteiger partial charge in [0.15, 0.2) is 0 Å². The molecule has 1 saturated carbocycles. The zero-order valence-electron chi connectivity index (χ0n) is 8.00. The monoisotopic (exact) mass is 185 g/mol. The van der Waals surface area contributed by atoms with Gasteiger partial charge in [0.25, 0.3) is 0 Å². The van der Waals surface area contributed by atoms with Crippen LogP contribution in [0.2, 0.25) is 0 Å². The minimum absolute atomic E-state index is 0.0147. The Balaban J connectivity index is 2.42. The summed E-state index contributed by atoms with van der Waals surface area (Å²) in [5.74, 6) is 0.239. The van der Waals surface area contributed by atoms with Crippen LogP contribution in [0.3, 0.4) is 0 Å². The van der Waals surface area contributed by atoms with Crippen LogP contribution in [0.4, 0.5) is 4.79 Å². The van der Waals surface area contributed by atoms with Crippen LogP contribution < -0.4 is 5.32 Å². The summed E-state index contributed by atoms with van der Waals surface area (Å²) in [5.41, 5.74) is 0. The molecule has 0 aromatic carbocycles. The van der Waals surface area contributed by atoms with E-state index in [1.54, 1.807) is 0 Å². The molecule has 1 aliphatic rings. The van der Waals surface area contributed by atoms with Crippen LogP contribution in [0.15, 0.2) is 0 Å². The number of alkyl carbamates (subject to hydrolysis) is 1. The van der Waals surface area contributed by atoms with Crippen molar-refractivity contribution < 1.29 is 14.3 Å². The Bertz CT molecular complexity index is 215. The summed E-state index contributed by atoms with van der Waals surface area (Å²) in [6.45, 7) is 1.84. The van der Waals surface area contributed by atoms with Gasteiger partial charge < -0.3 is 10.1 Å². The second-order valence-corrected chi connectivity index (χ2v) is 3.39. The molecule has 2 atom stereocenters. The van der Waals surface area contributed by atoms with E-state index in [-0.39, 0.29) is 17.7 Å². The Labute approximate surface area is 77.6 Å².